The van der Waals surface area contributed by atoms with Crippen LogP contribution in [0.4, 0.5) is 11.5 Å². The standard InChI is InChI=1S/C13H19N3O3/c1-8-9(16(17)18)5-6-12(14-8)15-10-7-11(19-4)13(10,2)3/h5-6,10-11H,7H2,1-4H3,(H,14,15). The minimum Gasteiger partial charge on any atom is -0.381 e. The van der Waals surface area contributed by atoms with E-state index in [1.54, 1.807) is 20.1 Å². The lowest BCUT2D eigenvalue weighted by atomic mass is 9.64. The van der Waals surface area contributed by atoms with Crippen molar-refractivity contribution in [3.8, 4) is 0 Å². The van der Waals surface area contributed by atoms with Gasteiger partial charge in [0, 0.05) is 24.6 Å². The molecule has 6 nitrogen and oxygen atoms in total. The van der Waals surface area contributed by atoms with Gasteiger partial charge in [-0.1, -0.05) is 13.8 Å². The smallest absolute Gasteiger partial charge is 0.290 e. The summed E-state index contributed by atoms with van der Waals surface area (Å²) in [5.74, 6) is 0.677. The van der Waals surface area contributed by atoms with Crippen LogP contribution < -0.4 is 5.32 Å². The zero-order valence-electron chi connectivity index (χ0n) is 11.6. The molecule has 104 valence electrons. The summed E-state index contributed by atoms with van der Waals surface area (Å²) in [6, 6.07) is 3.41. The number of hydrogen-bond acceptors (Lipinski definition) is 5. The van der Waals surface area contributed by atoms with Crippen molar-refractivity contribution in [3.63, 3.8) is 0 Å². The van der Waals surface area contributed by atoms with Crippen LogP contribution in [0.15, 0.2) is 12.1 Å². The molecule has 0 saturated heterocycles. The highest BCUT2D eigenvalue weighted by Gasteiger charge is 2.48. The average Bonchev–Trinajstić information content (AvgIpc) is 2.33. The van der Waals surface area contributed by atoms with Gasteiger partial charge < -0.3 is 10.1 Å². The number of anilines is 1. The molecular weight excluding hydrogens is 246 g/mol. The molecule has 1 saturated carbocycles. The Labute approximate surface area is 112 Å². The van der Waals surface area contributed by atoms with Crippen LogP contribution in [0.2, 0.25) is 0 Å². The molecule has 1 aromatic heterocycles. The summed E-state index contributed by atoms with van der Waals surface area (Å²) in [6.07, 6.45) is 1.16. The number of nitrogens with zero attached hydrogens (tertiary/aromatic N) is 2. The molecule has 2 rings (SSSR count). The lowest BCUT2D eigenvalue weighted by Gasteiger charge is -2.51. The van der Waals surface area contributed by atoms with E-state index in [9.17, 15) is 10.1 Å². The third kappa shape index (κ3) is 2.40. The van der Waals surface area contributed by atoms with Crippen LogP contribution in [0.3, 0.4) is 0 Å². The van der Waals surface area contributed by atoms with Crippen molar-refractivity contribution in [3.05, 3.63) is 27.9 Å². The molecule has 1 aliphatic carbocycles. The van der Waals surface area contributed by atoms with Crippen molar-refractivity contribution >= 4 is 11.5 Å². The van der Waals surface area contributed by atoms with Crippen LogP contribution in [-0.4, -0.2) is 29.2 Å². The SMILES string of the molecule is COC1CC(Nc2ccc([N+](=O)[O-])c(C)n2)C1(C)C. The van der Waals surface area contributed by atoms with Crippen LogP contribution in [0.25, 0.3) is 0 Å². The van der Waals surface area contributed by atoms with Crippen LogP contribution in [0.5, 0.6) is 0 Å². The number of methoxy groups -OCH3 is 1. The number of ether oxygens (including phenoxy) is 1. The zero-order valence-corrected chi connectivity index (χ0v) is 11.6. The Morgan fingerprint density at radius 2 is 2.21 bits per heavy atom. The Hall–Kier alpha value is -1.69. The van der Waals surface area contributed by atoms with Crippen molar-refractivity contribution in [1.82, 2.24) is 4.98 Å². The maximum Gasteiger partial charge on any atom is 0.290 e. The van der Waals surface area contributed by atoms with Gasteiger partial charge in [0.2, 0.25) is 0 Å². The molecule has 1 aliphatic rings. The third-order valence-electron chi connectivity index (χ3n) is 4.04. The fourth-order valence-electron chi connectivity index (χ4n) is 2.54. The number of rotatable bonds is 4. The number of aromatic nitrogens is 1. The van der Waals surface area contributed by atoms with Gasteiger partial charge in [-0.05, 0) is 19.4 Å². The second-order valence-corrected chi connectivity index (χ2v) is 5.54. The first-order chi connectivity index (χ1) is 8.86. The Bertz CT molecular complexity index is 502. The topological polar surface area (TPSA) is 77.3 Å². The molecule has 2 atom stereocenters. The largest absolute Gasteiger partial charge is 0.381 e. The summed E-state index contributed by atoms with van der Waals surface area (Å²) in [5.41, 5.74) is 0.509. The number of nitrogens with one attached hydrogen (secondary N) is 1. The van der Waals surface area contributed by atoms with Crippen molar-refractivity contribution in [2.24, 2.45) is 5.41 Å². The lowest BCUT2D eigenvalue weighted by molar-refractivity contribution is -0.385. The van der Waals surface area contributed by atoms with Crippen LogP contribution in [0.1, 0.15) is 26.0 Å². The molecule has 0 aromatic carbocycles. The van der Waals surface area contributed by atoms with E-state index in [0.29, 0.717) is 11.5 Å². The normalized spacial score (nSPS) is 24.6. The van der Waals surface area contributed by atoms with E-state index in [2.05, 4.69) is 24.1 Å². The predicted molar refractivity (Wildman–Crippen MR) is 72.2 cm³/mol. The van der Waals surface area contributed by atoms with E-state index in [-0.39, 0.29) is 23.2 Å². The highest BCUT2D eigenvalue weighted by molar-refractivity contribution is 5.46. The minimum atomic E-state index is -0.416. The van der Waals surface area contributed by atoms with E-state index in [0.717, 1.165) is 6.42 Å². The first kappa shape index (κ1) is 13.7. The van der Waals surface area contributed by atoms with Gasteiger partial charge in [-0.3, -0.25) is 10.1 Å². The second kappa shape index (κ2) is 4.77. The summed E-state index contributed by atoms with van der Waals surface area (Å²) in [4.78, 5) is 14.6. The van der Waals surface area contributed by atoms with Crippen LogP contribution >= 0.6 is 0 Å². The summed E-state index contributed by atoms with van der Waals surface area (Å²) < 4.78 is 5.39. The Kier molecular flexibility index (Phi) is 3.45. The quantitative estimate of drug-likeness (QED) is 0.668. The molecule has 2 unspecified atom stereocenters. The van der Waals surface area contributed by atoms with Gasteiger partial charge >= 0.3 is 0 Å². The number of pyridine rings is 1. The van der Waals surface area contributed by atoms with E-state index in [1.807, 2.05) is 0 Å². The number of aryl methyl sites for hydroxylation is 1. The van der Waals surface area contributed by atoms with Crippen molar-refractivity contribution in [1.29, 1.82) is 0 Å². The van der Waals surface area contributed by atoms with Gasteiger partial charge in [0.25, 0.3) is 5.69 Å². The average molecular weight is 265 g/mol. The maximum absolute atomic E-state index is 10.7. The first-order valence-electron chi connectivity index (χ1n) is 6.27. The van der Waals surface area contributed by atoms with Gasteiger partial charge in [0.15, 0.2) is 0 Å². The van der Waals surface area contributed by atoms with Crippen LogP contribution in [-0.2, 0) is 4.74 Å². The zero-order chi connectivity index (χ0) is 14.2. The van der Waals surface area contributed by atoms with E-state index >= 15 is 0 Å². The van der Waals surface area contributed by atoms with E-state index in [1.165, 1.54) is 6.07 Å². The monoisotopic (exact) mass is 265 g/mol. The molecule has 1 heterocycles. The summed E-state index contributed by atoms with van der Waals surface area (Å²) in [5, 5.41) is 14.1. The highest BCUT2D eigenvalue weighted by atomic mass is 16.6. The van der Waals surface area contributed by atoms with Crippen molar-refractivity contribution < 1.29 is 9.66 Å². The van der Waals surface area contributed by atoms with Crippen molar-refractivity contribution in [2.45, 2.75) is 39.3 Å². The van der Waals surface area contributed by atoms with Gasteiger partial charge in [-0.25, -0.2) is 4.98 Å². The summed E-state index contributed by atoms with van der Waals surface area (Å²) in [7, 11) is 1.72. The van der Waals surface area contributed by atoms with Gasteiger partial charge in [-0.15, -0.1) is 0 Å². The fourth-order valence-corrected chi connectivity index (χ4v) is 2.54. The van der Waals surface area contributed by atoms with Gasteiger partial charge in [-0.2, -0.15) is 0 Å². The van der Waals surface area contributed by atoms with Crippen molar-refractivity contribution in [2.75, 3.05) is 12.4 Å². The lowest BCUT2D eigenvalue weighted by Crippen LogP contribution is -2.57. The van der Waals surface area contributed by atoms with Gasteiger partial charge in [0.05, 0.1) is 11.0 Å². The molecule has 0 spiro atoms. The molecule has 1 N–H and O–H groups in total. The molecular formula is C13H19N3O3. The molecule has 0 aliphatic heterocycles. The third-order valence-corrected chi connectivity index (χ3v) is 4.04. The highest BCUT2D eigenvalue weighted by Crippen LogP contribution is 2.43. The number of nitro groups is 1. The summed E-state index contributed by atoms with van der Waals surface area (Å²) >= 11 is 0. The molecule has 6 heteroatoms. The minimum absolute atomic E-state index is 0.0338. The fraction of sp³-hybridized carbons (Fsp3) is 0.615. The molecule has 0 amide bonds. The molecule has 19 heavy (non-hydrogen) atoms. The maximum atomic E-state index is 10.7. The Balaban J connectivity index is 2.09. The van der Waals surface area contributed by atoms with Gasteiger partial charge in [0.1, 0.15) is 11.5 Å². The molecule has 0 bridgehead atoms. The number of hydrogen-bond donors (Lipinski definition) is 1. The summed E-state index contributed by atoms with van der Waals surface area (Å²) in [6.45, 7) is 5.92. The Morgan fingerprint density at radius 1 is 1.53 bits per heavy atom. The first-order valence-corrected chi connectivity index (χ1v) is 6.27. The predicted octanol–water partition coefficient (Wildman–Crippen LogP) is 2.52. The van der Waals surface area contributed by atoms with E-state index in [4.69, 9.17) is 4.74 Å². The van der Waals surface area contributed by atoms with Crippen LogP contribution in [0, 0.1) is 22.5 Å². The molecule has 0 radical (unpaired) electrons. The Morgan fingerprint density at radius 3 is 2.68 bits per heavy atom. The van der Waals surface area contributed by atoms with E-state index < -0.39 is 4.92 Å². The molecule has 1 aromatic rings. The second-order valence-electron chi connectivity index (χ2n) is 5.54. The molecule has 1 fully saturated rings.